The highest BCUT2D eigenvalue weighted by molar-refractivity contribution is 7.92. The highest BCUT2D eigenvalue weighted by atomic mass is 32.2. The molecular weight excluding hydrogens is 476 g/mol. The number of hydrogen-bond acceptors (Lipinski definition) is 5. The number of aromatic nitrogens is 1. The van der Waals surface area contributed by atoms with Gasteiger partial charge in [0.15, 0.2) is 0 Å². The van der Waals surface area contributed by atoms with E-state index in [1.165, 1.54) is 22.6 Å². The molecular formula is C28H24N2O5S. The molecule has 0 saturated carbocycles. The molecule has 2 heterocycles. The molecule has 4 aromatic rings. The quantitative estimate of drug-likeness (QED) is 0.333. The highest BCUT2D eigenvalue weighted by Gasteiger charge is 2.37. The lowest BCUT2D eigenvalue weighted by Gasteiger charge is -2.20. The van der Waals surface area contributed by atoms with E-state index in [9.17, 15) is 18.3 Å². The van der Waals surface area contributed by atoms with Crippen molar-refractivity contribution in [3.05, 3.63) is 103 Å². The number of carboxylic acids is 1. The van der Waals surface area contributed by atoms with E-state index in [4.69, 9.17) is 4.74 Å². The van der Waals surface area contributed by atoms with Crippen LogP contribution in [0.15, 0.2) is 102 Å². The van der Waals surface area contributed by atoms with Crippen molar-refractivity contribution in [1.82, 2.24) is 4.98 Å². The van der Waals surface area contributed by atoms with Crippen LogP contribution in [0.25, 0.3) is 11.1 Å². The first-order valence-electron chi connectivity index (χ1n) is 11.5. The summed E-state index contributed by atoms with van der Waals surface area (Å²) in [6.07, 6.45) is 1.59. The average molecular weight is 501 g/mol. The van der Waals surface area contributed by atoms with E-state index in [-0.39, 0.29) is 29.7 Å². The highest BCUT2D eigenvalue weighted by Crippen LogP contribution is 2.43. The Kier molecular flexibility index (Phi) is 6.43. The van der Waals surface area contributed by atoms with Crippen molar-refractivity contribution < 1.29 is 23.1 Å². The molecule has 1 atom stereocenters. The molecule has 3 aromatic carbocycles. The molecule has 1 aliphatic heterocycles. The molecule has 1 unspecified atom stereocenters. The molecule has 0 radical (unpaired) electrons. The van der Waals surface area contributed by atoms with E-state index >= 15 is 0 Å². The molecule has 1 aliphatic rings. The number of anilines is 1. The number of rotatable bonds is 8. The summed E-state index contributed by atoms with van der Waals surface area (Å²) in [6.45, 7) is 0.172. The van der Waals surface area contributed by atoms with Crippen molar-refractivity contribution in [1.29, 1.82) is 0 Å². The number of fused-ring (bicyclic) bond motifs is 1. The summed E-state index contributed by atoms with van der Waals surface area (Å²) in [5.74, 6) is -0.253. The first-order chi connectivity index (χ1) is 17.4. The number of para-hydroxylation sites is 1. The lowest BCUT2D eigenvalue weighted by atomic mass is 9.93. The maximum Gasteiger partial charge on any atom is 0.303 e. The van der Waals surface area contributed by atoms with Crippen molar-refractivity contribution in [2.45, 2.75) is 23.7 Å². The van der Waals surface area contributed by atoms with Crippen LogP contribution in [0.4, 0.5) is 5.69 Å². The van der Waals surface area contributed by atoms with Gasteiger partial charge in [0, 0.05) is 24.9 Å². The summed E-state index contributed by atoms with van der Waals surface area (Å²) in [5, 5.41) is 9.24. The van der Waals surface area contributed by atoms with Gasteiger partial charge in [-0.1, -0.05) is 54.6 Å². The molecule has 0 bridgehead atoms. The van der Waals surface area contributed by atoms with Gasteiger partial charge in [0.2, 0.25) is 5.88 Å². The Balaban J connectivity index is 1.46. The monoisotopic (exact) mass is 500 g/mol. The van der Waals surface area contributed by atoms with E-state index in [1.807, 2.05) is 60.7 Å². The largest absolute Gasteiger partial charge is 0.481 e. The van der Waals surface area contributed by atoms with Gasteiger partial charge in [-0.3, -0.25) is 9.10 Å². The van der Waals surface area contributed by atoms with Crippen LogP contribution >= 0.6 is 0 Å². The first-order valence-corrected chi connectivity index (χ1v) is 13.0. The third-order valence-corrected chi connectivity index (χ3v) is 7.96. The zero-order chi connectivity index (χ0) is 25.1. The fourth-order valence-corrected chi connectivity index (χ4v) is 5.89. The minimum Gasteiger partial charge on any atom is -0.481 e. The van der Waals surface area contributed by atoms with Gasteiger partial charge in [-0.25, -0.2) is 13.4 Å². The van der Waals surface area contributed by atoms with Gasteiger partial charge in [0.25, 0.3) is 10.0 Å². The second-order valence-corrected chi connectivity index (χ2v) is 10.4. The lowest BCUT2D eigenvalue weighted by molar-refractivity contribution is -0.137. The summed E-state index contributed by atoms with van der Waals surface area (Å²) in [7, 11) is -3.92. The molecule has 1 aromatic heterocycles. The molecule has 0 spiro atoms. The lowest BCUT2D eigenvalue weighted by Crippen LogP contribution is -2.30. The van der Waals surface area contributed by atoms with Gasteiger partial charge in [0.05, 0.1) is 11.9 Å². The number of ether oxygens (including phenoxy) is 1. The minimum absolute atomic E-state index is 0.0410. The third-order valence-electron chi connectivity index (χ3n) is 6.20. The predicted octanol–water partition coefficient (Wildman–Crippen LogP) is 5.70. The van der Waals surface area contributed by atoms with E-state index in [0.717, 1.165) is 16.7 Å². The standard InChI is InChI=1S/C28H24N2O5S/c31-28(32)16-12-22-19-30(26-14-11-21(17-25(22)26)20-7-3-1-4-8-20)36(33,34)24-13-15-27(29-18-24)35-23-9-5-2-6-10-23/h1-11,13-15,17-18,22H,12,16,19H2,(H,31,32). The predicted molar refractivity (Wildman–Crippen MR) is 137 cm³/mol. The molecule has 0 saturated heterocycles. The summed E-state index contributed by atoms with van der Waals surface area (Å²) in [6, 6.07) is 27.6. The van der Waals surface area contributed by atoms with Crippen molar-refractivity contribution in [2.24, 2.45) is 0 Å². The molecule has 182 valence electrons. The number of hydrogen-bond donors (Lipinski definition) is 1. The SMILES string of the molecule is O=C(O)CCC1CN(S(=O)(=O)c2ccc(Oc3ccccc3)nc2)c2ccc(-c3ccccc3)cc21. The molecule has 7 nitrogen and oxygen atoms in total. The van der Waals surface area contributed by atoms with E-state index in [2.05, 4.69) is 4.98 Å². The number of aliphatic carboxylic acids is 1. The van der Waals surface area contributed by atoms with Crippen LogP contribution < -0.4 is 9.04 Å². The van der Waals surface area contributed by atoms with Gasteiger partial charge in [-0.2, -0.15) is 0 Å². The van der Waals surface area contributed by atoms with Crippen molar-refractivity contribution >= 4 is 21.7 Å². The van der Waals surface area contributed by atoms with Crippen LogP contribution in [0.5, 0.6) is 11.6 Å². The van der Waals surface area contributed by atoms with Crippen LogP contribution in [0, 0.1) is 0 Å². The Bertz CT molecular complexity index is 1470. The van der Waals surface area contributed by atoms with Crippen LogP contribution in [0.1, 0.15) is 24.3 Å². The van der Waals surface area contributed by atoms with Crippen LogP contribution in [0.2, 0.25) is 0 Å². The van der Waals surface area contributed by atoms with Gasteiger partial charge in [-0.05, 0) is 53.4 Å². The smallest absolute Gasteiger partial charge is 0.303 e. The zero-order valence-electron chi connectivity index (χ0n) is 19.3. The Morgan fingerprint density at radius 1 is 0.944 bits per heavy atom. The molecule has 0 amide bonds. The van der Waals surface area contributed by atoms with E-state index in [0.29, 0.717) is 17.9 Å². The number of pyridine rings is 1. The Morgan fingerprint density at radius 3 is 2.33 bits per heavy atom. The van der Waals surface area contributed by atoms with Gasteiger partial charge in [0.1, 0.15) is 10.6 Å². The van der Waals surface area contributed by atoms with Crippen LogP contribution in [-0.4, -0.2) is 31.0 Å². The number of nitrogens with zero attached hydrogens (tertiary/aromatic N) is 2. The Hall–Kier alpha value is -4.17. The fourth-order valence-electron chi connectivity index (χ4n) is 4.40. The molecule has 0 fully saturated rings. The summed E-state index contributed by atoms with van der Waals surface area (Å²) >= 11 is 0. The van der Waals surface area contributed by atoms with E-state index in [1.54, 1.807) is 18.2 Å². The maximum absolute atomic E-state index is 13.6. The summed E-state index contributed by atoms with van der Waals surface area (Å²) in [4.78, 5) is 15.5. The fraction of sp³-hybridized carbons (Fsp3) is 0.143. The minimum atomic E-state index is -3.92. The number of benzene rings is 3. The second-order valence-electron chi connectivity index (χ2n) is 8.55. The van der Waals surface area contributed by atoms with Gasteiger partial charge < -0.3 is 9.84 Å². The van der Waals surface area contributed by atoms with Gasteiger partial charge in [-0.15, -0.1) is 0 Å². The van der Waals surface area contributed by atoms with E-state index < -0.39 is 16.0 Å². The summed E-state index contributed by atoms with van der Waals surface area (Å²) < 4.78 is 34.3. The first kappa shape index (κ1) is 23.6. The molecule has 1 N–H and O–H groups in total. The molecule has 5 rings (SSSR count). The zero-order valence-corrected chi connectivity index (χ0v) is 20.1. The van der Waals surface area contributed by atoms with Crippen LogP contribution in [0.3, 0.4) is 0 Å². The van der Waals surface area contributed by atoms with Crippen molar-refractivity contribution in [3.8, 4) is 22.8 Å². The van der Waals surface area contributed by atoms with Gasteiger partial charge >= 0.3 is 5.97 Å². The third kappa shape index (κ3) is 4.81. The maximum atomic E-state index is 13.6. The average Bonchev–Trinajstić information content (AvgIpc) is 3.28. The number of carbonyl (C=O) groups is 1. The normalized spacial score (nSPS) is 14.9. The second kappa shape index (κ2) is 9.83. The number of sulfonamides is 1. The molecule has 36 heavy (non-hydrogen) atoms. The van der Waals surface area contributed by atoms with Crippen molar-refractivity contribution in [3.63, 3.8) is 0 Å². The molecule has 0 aliphatic carbocycles. The topological polar surface area (TPSA) is 96.8 Å². The Morgan fingerprint density at radius 2 is 1.67 bits per heavy atom. The summed E-state index contributed by atoms with van der Waals surface area (Å²) in [5.41, 5.74) is 3.36. The molecule has 8 heteroatoms. The van der Waals surface area contributed by atoms with Crippen molar-refractivity contribution in [2.75, 3.05) is 10.8 Å². The number of carboxylic acid groups (broad SMARTS) is 1. The Labute approximate surface area is 209 Å². The van der Waals surface area contributed by atoms with Crippen LogP contribution in [-0.2, 0) is 14.8 Å².